The van der Waals surface area contributed by atoms with Crippen molar-refractivity contribution in [1.82, 2.24) is 19.7 Å². The maximum Gasteiger partial charge on any atom is 0.262 e. The highest BCUT2D eigenvalue weighted by Crippen LogP contribution is 2.34. The van der Waals surface area contributed by atoms with Crippen molar-refractivity contribution in [1.29, 1.82) is 0 Å². The number of benzene rings is 2. The second-order valence-electron chi connectivity index (χ2n) is 6.94. The summed E-state index contributed by atoms with van der Waals surface area (Å²) in [5.74, 6) is 1.00. The summed E-state index contributed by atoms with van der Waals surface area (Å²) in [6.07, 6.45) is 0.847. The fourth-order valence-corrected chi connectivity index (χ4v) is 4.04. The number of para-hydroxylation sites is 1. The molecule has 0 aliphatic carbocycles. The minimum absolute atomic E-state index is 0.0157. The zero-order chi connectivity index (χ0) is 20.4. The average molecular weight is 407 g/mol. The molecule has 1 atom stereocenters. The quantitative estimate of drug-likeness (QED) is 0.331. The molecule has 6 nitrogen and oxygen atoms in total. The fourth-order valence-electron chi connectivity index (χ4n) is 3.08. The number of aromatic nitrogens is 4. The van der Waals surface area contributed by atoms with E-state index in [4.69, 9.17) is 9.40 Å². The number of hydrogen-bond acceptors (Lipinski definition) is 6. The molecule has 0 aliphatic heterocycles. The molecule has 7 heteroatoms. The molecule has 2 aromatic carbocycles. The van der Waals surface area contributed by atoms with E-state index in [9.17, 15) is 4.79 Å². The Kier molecular flexibility index (Phi) is 5.49. The van der Waals surface area contributed by atoms with Crippen molar-refractivity contribution in [3.63, 3.8) is 0 Å². The van der Waals surface area contributed by atoms with E-state index in [0.717, 1.165) is 12.0 Å². The third-order valence-electron chi connectivity index (χ3n) is 4.64. The van der Waals surface area contributed by atoms with Gasteiger partial charge in [-0.1, -0.05) is 48.5 Å². The first-order chi connectivity index (χ1) is 14.1. The van der Waals surface area contributed by atoms with Gasteiger partial charge in [-0.25, -0.2) is 4.98 Å². The SMILES string of the molecule is CCCn1c(S[C@H](C)c2nnc(-c3ccc(C)cc3)o2)nc2ccccc2c1=O. The Morgan fingerprint density at radius 2 is 1.86 bits per heavy atom. The van der Waals surface area contributed by atoms with Crippen LogP contribution in [0, 0.1) is 6.92 Å². The van der Waals surface area contributed by atoms with E-state index in [1.165, 1.54) is 17.3 Å². The van der Waals surface area contributed by atoms with Gasteiger partial charge in [-0.15, -0.1) is 10.2 Å². The van der Waals surface area contributed by atoms with E-state index in [0.29, 0.717) is 34.4 Å². The highest BCUT2D eigenvalue weighted by atomic mass is 32.2. The molecule has 148 valence electrons. The van der Waals surface area contributed by atoms with Crippen molar-refractivity contribution in [2.45, 2.75) is 44.1 Å². The summed E-state index contributed by atoms with van der Waals surface area (Å²) < 4.78 is 7.64. The molecule has 0 N–H and O–H groups in total. The molecule has 2 heterocycles. The molecule has 4 rings (SSSR count). The smallest absolute Gasteiger partial charge is 0.262 e. The van der Waals surface area contributed by atoms with Crippen LogP contribution in [0.15, 0.2) is 62.9 Å². The van der Waals surface area contributed by atoms with Crippen molar-refractivity contribution < 1.29 is 4.42 Å². The van der Waals surface area contributed by atoms with Crippen LogP contribution < -0.4 is 5.56 Å². The molecule has 0 aliphatic rings. The summed E-state index contributed by atoms with van der Waals surface area (Å²) in [6.45, 7) is 6.68. The summed E-state index contributed by atoms with van der Waals surface area (Å²) in [5.41, 5.74) is 2.75. The predicted octanol–water partition coefficient (Wildman–Crippen LogP) is 5.02. The van der Waals surface area contributed by atoms with Gasteiger partial charge in [0.2, 0.25) is 11.8 Å². The fraction of sp³-hybridized carbons (Fsp3) is 0.273. The first-order valence-electron chi connectivity index (χ1n) is 9.63. The van der Waals surface area contributed by atoms with Gasteiger partial charge in [0.05, 0.1) is 16.2 Å². The van der Waals surface area contributed by atoms with Gasteiger partial charge < -0.3 is 4.42 Å². The number of hydrogen-bond donors (Lipinski definition) is 0. The van der Waals surface area contributed by atoms with Crippen LogP contribution in [-0.4, -0.2) is 19.7 Å². The lowest BCUT2D eigenvalue weighted by molar-refractivity contribution is 0.507. The number of nitrogens with zero attached hydrogens (tertiary/aromatic N) is 4. The van der Waals surface area contributed by atoms with Crippen LogP contribution >= 0.6 is 11.8 Å². The molecule has 29 heavy (non-hydrogen) atoms. The van der Waals surface area contributed by atoms with Crippen molar-refractivity contribution >= 4 is 22.7 Å². The maximum absolute atomic E-state index is 12.9. The predicted molar refractivity (Wildman–Crippen MR) is 115 cm³/mol. The van der Waals surface area contributed by atoms with Gasteiger partial charge >= 0.3 is 0 Å². The van der Waals surface area contributed by atoms with Gasteiger partial charge in [-0.05, 0) is 44.5 Å². The van der Waals surface area contributed by atoms with E-state index in [1.807, 2.05) is 69.3 Å². The Bertz CT molecular complexity index is 1200. The van der Waals surface area contributed by atoms with Crippen LogP contribution in [-0.2, 0) is 6.54 Å². The number of thioether (sulfide) groups is 1. The molecule has 2 aromatic heterocycles. The molecule has 0 radical (unpaired) electrons. The van der Waals surface area contributed by atoms with Crippen LogP contribution in [0.4, 0.5) is 0 Å². The molecule has 0 fully saturated rings. The molecule has 4 aromatic rings. The number of aryl methyl sites for hydroxylation is 1. The van der Waals surface area contributed by atoms with Gasteiger partial charge in [0, 0.05) is 12.1 Å². The Morgan fingerprint density at radius 1 is 1.10 bits per heavy atom. The Labute approximate surface area is 173 Å². The zero-order valence-corrected chi connectivity index (χ0v) is 17.4. The lowest BCUT2D eigenvalue weighted by Crippen LogP contribution is -2.23. The second-order valence-corrected chi connectivity index (χ2v) is 8.25. The van der Waals surface area contributed by atoms with Crippen LogP contribution in [0.5, 0.6) is 0 Å². The molecule has 0 saturated heterocycles. The third-order valence-corrected chi connectivity index (χ3v) is 5.72. The average Bonchev–Trinajstić information content (AvgIpc) is 3.22. The summed E-state index contributed by atoms with van der Waals surface area (Å²) in [4.78, 5) is 17.7. The molecular formula is C22H22N4O2S. The van der Waals surface area contributed by atoms with E-state index in [2.05, 4.69) is 10.2 Å². The summed E-state index contributed by atoms with van der Waals surface area (Å²) in [7, 11) is 0. The normalized spacial score (nSPS) is 12.4. The topological polar surface area (TPSA) is 73.8 Å². The molecular weight excluding hydrogens is 384 g/mol. The molecule has 0 saturated carbocycles. The first-order valence-corrected chi connectivity index (χ1v) is 10.5. The minimum atomic E-state index is -0.141. The lowest BCUT2D eigenvalue weighted by Gasteiger charge is -2.14. The van der Waals surface area contributed by atoms with Crippen LogP contribution in [0.3, 0.4) is 0 Å². The molecule has 0 spiro atoms. The standard InChI is InChI=1S/C22H22N4O2S/c1-4-13-26-21(27)17-7-5-6-8-18(17)23-22(26)29-15(3)19-24-25-20(28-19)16-11-9-14(2)10-12-16/h5-12,15H,4,13H2,1-3H3/t15-/m1/s1. The zero-order valence-electron chi connectivity index (χ0n) is 16.6. The summed E-state index contributed by atoms with van der Waals surface area (Å²) >= 11 is 1.46. The monoisotopic (exact) mass is 406 g/mol. The van der Waals surface area contributed by atoms with E-state index in [-0.39, 0.29) is 10.8 Å². The molecule has 0 bridgehead atoms. The minimum Gasteiger partial charge on any atom is -0.419 e. The van der Waals surface area contributed by atoms with Crippen LogP contribution in [0.1, 0.15) is 37.0 Å². The summed E-state index contributed by atoms with van der Waals surface area (Å²) in [6, 6.07) is 15.4. The van der Waals surface area contributed by atoms with Crippen molar-refractivity contribution in [3.05, 3.63) is 70.3 Å². The van der Waals surface area contributed by atoms with E-state index < -0.39 is 0 Å². The second kappa shape index (κ2) is 8.21. The van der Waals surface area contributed by atoms with Crippen molar-refractivity contribution in [3.8, 4) is 11.5 Å². The van der Waals surface area contributed by atoms with Gasteiger partial charge in [-0.2, -0.15) is 0 Å². The third kappa shape index (κ3) is 3.96. The van der Waals surface area contributed by atoms with Crippen LogP contribution in [0.25, 0.3) is 22.4 Å². The van der Waals surface area contributed by atoms with Gasteiger partial charge in [0.15, 0.2) is 5.16 Å². The Balaban J connectivity index is 1.65. The number of fused-ring (bicyclic) bond motifs is 1. The van der Waals surface area contributed by atoms with E-state index in [1.54, 1.807) is 4.57 Å². The van der Waals surface area contributed by atoms with Crippen molar-refractivity contribution in [2.24, 2.45) is 0 Å². The first kappa shape index (κ1) is 19.4. The van der Waals surface area contributed by atoms with E-state index >= 15 is 0 Å². The van der Waals surface area contributed by atoms with Gasteiger partial charge in [0.25, 0.3) is 5.56 Å². The largest absolute Gasteiger partial charge is 0.419 e. The molecule has 0 unspecified atom stereocenters. The highest BCUT2D eigenvalue weighted by Gasteiger charge is 2.20. The number of rotatable bonds is 6. The molecule has 0 amide bonds. The lowest BCUT2D eigenvalue weighted by atomic mass is 10.1. The van der Waals surface area contributed by atoms with Crippen molar-refractivity contribution in [2.75, 3.05) is 0 Å². The maximum atomic E-state index is 12.9. The van der Waals surface area contributed by atoms with Gasteiger partial charge in [-0.3, -0.25) is 9.36 Å². The van der Waals surface area contributed by atoms with Crippen LogP contribution in [0.2, 0.25) is 0 Å². The van der Waals surface area contributed by atoms with Gasteiger partial charge in [0.1, 0.15) is 0 Å². The highest BCUT2D eigenvalue weighted by molar-refractivity contribution is 7.99. The Morgan fingerprint density at radius 3 is 2.62 bits per heavy atom. The Hall–Kier alpha value is -2.93. The summed E-state index contributed by atoms with van der Waals surface area (Å²) in [5, 5.41) is 9.57.